The number of nitrogens with one attached hydrogen (secondary N) is 1. The molecular weight excluding hydrogens is 376 g/mol. The smallest absolute Gasteiger partial charge is 0.255 e. The predicted octanol–water partition coefficient (Wildman–Crippen LogP) is 3.76. The molecule has 1 saturated carbocycles. The summed E-state index contributed by atoms with van der Waals surface area (Å²) in [5.74, 6) is 0.874. The lowest BCUT2D eigenvalue weighted by Gasteiger charge is -2.40. The number of amides is 1. The monoisotopic (exact) mass is 404 g/mol. The molecule has 1 aliphatic rings. The quantitative estimate of drug-likeness (QED) is 0.370. The molecule has 0 unspecified atom stereocenters. The van der Waals surface area contributed by atoms with E-state index in [4.69, 9.17) is 4.98 Å². The van der Waals surface area contributed by atoms with Gasteiger partial charge in [-0.05, 0) is 49.9 Å². The Balaban J connectivity index is 1.56. The number of aldehydes is 1. The number of nitrogens with zero attached hydrogens (tertiary/aromatic N) is 3. The molecule has 1 aromatic heterocycles. The maximum absolute atomic E-state index is 13.2. The van der Waals surface area contributed by atoms with Crippen LogP contribution in [0.25, 0.3) is 22.4 Å². The van der Waals surface area contributed by atoms with E-state index < -0.39 is 0 Å². The van der Waals surface area contributed by atoms with Gasteiger partial charge in [-0.25, -0.2) is 4.98 Å². The van der Waals surface area contributed by atoms with Crippen molar-refractivity contribution in [3.8, 4) is 11.4 Å². The van der Waals surface area contributed by atoms with E-state index in [0.29, 0.717) is 18.5 Å². The molecule has 0 spiro atoms. The Kier molecular flexibility index (Phi) is 5.68. The number of aromatic nitrogens is 2. The molecule has 0 aliphatic heterocycles. The summed E-state index contributed by atoms with van der Waals surface area (Å²) >= 11 is 0. The summed E-state index contributed by atoms with van der Waals surface area (Å²) in [7, 11) is 3.87. The molecule has 6 nitrogen and oxygen atoms in total. The van der Waals surface area contributed by atoms with Crippen molar-refractivity contribution < 1.29 is 9.59 Å². The van der Waals surface area contributed by atoms with Crippen LogP contribution in [0.2, 0.25) is 0 Å². The molecule has 0 bridgehead atoms. The van der Waals surface area contributed by atoms with Crippen molar-refractivity contribution in [3.63, 3.8) is 0 Å². The van der Waals surface area contributed by atoms with Gasteiger partial charge in [0.05, 0.1) is 16.7 Å². The highest BCUT2D eigenvalue weighted by Crippen LogP contribution is 2.33. The maximum atomic E-state index is 13.2. The van der Waals surface area contributed by atoms with Gasteiger partial charge in [-0.2, -0.15) is 0 Å². The van der Waals surface area contributed by atoms with Gasteiger partial charge in [-0.3, -0.25) is 10.1 Å². The highest BCUT2D eigenvalue weighted by molar-refractivity contribution is 5.95. The Morgan fingerprint density at radius 3 is 2.53 bits per heavy atom. The van der Waals surface area contributed by atoms with E-state index in [9.17, 15) is 9.59 Å². The van der Waals surface area contributed by atoms with Crippen molar-refractivity contribution in [2.45, 2.75) is 37.8 Å². The molecule has 1 heterocycles. The molecule has 156 valence electrons. The van der Waals surface area contributed by atoms with Gasteiger partial charge in [-0.1, -0.05) is 24.3 Å². The molecule has 0 radical (unpaired) electrons. The summed E-state index contributed by atoms with van der Waals surface area (Å²) < 4.78 is 2.07. The zero-order valence-electron chi connectivity index (χ0n) is 17.6. The largest absolute Gasteiger partial charge is 0.327 e. The lowest BCUT2D eigenvalue weighted by atomic mass is 10.0. The molecule has 1 fully saturated rings. The Morgan fingerprint density at radius 1 is 1.17 bits per heavy atom. The van der Waals surface area contributed by atoms with Crippen LogP contribution in [0.15, 0.2) is 48.5 Å². The third-order valence-electron chi connectivity index (χ3n) is 6.27. The number of imidazole rings is 1. The Morgan fingerprint density at radius 2 is 1.87 bits per heavy atom. The number of fused-ring (bicyclic) bond motifs is 1. The van der Waals surface area contributed by atoms with Gasteiger partial charge in [0.2, 0.25) is 0 Å². The number of benzene rings is 2. The molecule has 0 atom stereocenters. The predicted molar refractivity (Wildman–Crippen MR) is 118 cm³/mol. The summed E-state index contributed by atoms with van der Waals surface area (Å²) in [5, 5.41) is 3.47. The second-order valence-corrected chi connectivity index (χ2v) is 8.05. The van der Waals surface area contributed by atoms with Crippen LogP contribution >= 0.6 is 0 Å². The molecule has 1 aliphatic carbocycles. The van der Waals surface area contributed by atoms with E-state index in [1.54, 1.807) is 0 Å². The highest BCUT2D eigenvalue weighted by atomic mass is 16.2. The number of hydrogen-bond donors (Lipinski definition) is 1. The van der Waals surface area contributed by atoms with Crippen LogP contribution in [0.5, 0.6) is 0 Å². The fourth-order valence-electron chi connectivity index (χ4n) is 4.51. The molecule has 1 N–H and O–H groups in total. The molecule has 3 aromatic rings. The maximum Gasteiger partial charge on any atom is 0.255 e. The van der Waals surface area contributed by atoms with Gasteiger partial charge in [0, 0.05) is 38.2 Å². The minimum atomic E-state index is -0.365. The van der Waals surface area contributed by atoms with E-state index in [1.807, 2.05) is 61.5 Å². The van der Waals surface area contributed by atoms with Crippen molar-refractivity contribution in [2.24, 2.45) is 7.05 Å². The number of carbonyl (C=O) groups excluding carboxylic acids is 2. The van der Waals surface area contributed by atoms with Crippen molar-refractivity contribution in [3.05, 3.63) is 54.1 Å². The lowest BCUT2D eigenvalue weighted by Crippen LogP contribution is -2.57. The van der Waals surface area contributed by atoms with Gasteiger partial charge in [0.1, 0.15) is 12.1 Å². The number of para-hydroxylation sites is 2. The zero-order chi connectivity index (χ0) is 21.1. The molecule has 4 rings (SSSR count). The Bertz CT molecular complexity index is 1050. The summed E-state index contributed by atoms with van der Waals surface area (Å²) in [6.07, 6.45) is 5.35. The van der Waals surface area contributed by atoms with Crippen LogP contribution in [0.1, 0.15) is 42.5 Å². The van der Waals surface area contributed by atoms with Gasteiger partial charge in [0.25, 0.3) is 5.91 Å². The van der Waals surface area contributed by atoms with E-state index in [-0.39, 0.29) is 11.6 Å². The normalized spacial score (nSPS) is 15.4. The third kappa shape index (κ3) is 3.63. The Hall–Kier alpha value is -2.99. The first-order chi connectivity index (χ1) is 14.6. The van der Waals surface area contributed by atoms with Crippen molar-refractivity contribution in [1.29, 1.82) is 0 Å². The first kappa shape index (κ1) is 20.3. The number of rotatable bonds is 7. The fourth-order valence-corrected chi connectivity index (χ4v) is 4.51. The van der Waals surface area contributed by atoms with Gasteiger partial charge < -0.3 is 14.3 Å². The molecule has 6 heteroatoms. The SMILES string of the molecule is CN(C(=O)c1ccc(-c2nc3ccccc3n2C)cc1)C1(NCCC=O)CCCC1. The van der Waals surface area contributed by atoms with Crippen molar-refractivity contribution in [1.82, 2.24) is 19.8 Å². The lowest BCUT2D eigenvalue weighted by molar-refractivity contribution is -0.107. The fraction of sp³-hybridized carbons (Fsp3) is 0.375. The first-order valence-corrected chi connectivity index (χ1v) is 10.5. The van der Waals surface area contributed by atoms with E-state index in [1.165, 1.54) is 0 Å². The molecule has 0 saturated heterocycles. The summed E-state index contributed by atoms with van der Waals surface area (Å²) in [5.41, 5.74) is 3.31. The number of hydrogen-bond acceptors (Lipinski definition) is 4. The minimum Gasteiger partial charge on any atom is -0.327 e. The average molecular weight is 405 g/mol. The van der Waals surface area contributed by atoms with E-state index >= 15 is 0 Å². The van der Waals surface area contributed by atoms with Gasteiger partial charge in [-0.15, -0.1) is 0 Å². The van der Waals surface area contributed by atoms with Crippen molar-refractivity contribution >= 4 is 23.2 Å². The van der Waals surface area contributed by atoms with Gasteiger partial charge >= 0.3 is 0 Å². The first-order valence-electron chi connectivity index (χ1n) is 10.5. The summed E-state index contributed by atoms with van der Waals surface area (Å²) in [6, 6.07) is 15.7. The topological polar surface area (TPSA) is 67.2 Å². The van der Waals surface area contributed by atoms with Crippen molar-refractivity contribution in [2.75, 3.05) is 13.6 Å². The highest BCUT2D eigenvalue weighted by Gasteiger charge is 2.39. The van der Waals surface area contributed by atoms with Crippen LogP contribution in [0, 0.1) is 0 Å². The second kappa shape index (κ2) is 8.40. The molecular formula is C24H28N4O2. The molecule has 1 amide bonds. The van der Waals surface area contributed by atoms with E-state index in [2.05, 4.69) is 16.0 Å². The second-order valence-electron chi connectivity index (χ2n) is 8.05. The van der Waals surface area contributed by atoms with Crippen LogP contribution < -0.4 is 5.32 Å². The molecule has 30 heavy (non-hydrogen) atoms. The van der Waals surface area contributed by atoms with Crippen LogP contribution in [0.3, 0.4) is 0 Å². The van der Waals surface area contributed by atoms with E-state index in [0.717, 1.165) is 54.4 Å². The zero-order valence-corrected chi connectivity index (χ0v) is 17.6. The summed E-state index contributed by atoms with van der Waals surface area (Å²) in [6.45, 7) is 0.590. The van der Waals surface area contributed by atoms with Crippen LogP contribution in [-0.4, -0.2) is 45.9 Å². The third-order valence-corrected chi connectivity index (χ3v) is 6.27. The van der Waals surface area contributed by atoms with Gasteiger partial charge in [0.15, 0.2) is 0 Å². The minimum absolute atomic E-state index is 0.00736. The average Bonchev–Trinajstić information content (AvgIpc) is 3.39. The number of aryl methyl sites for hydroxylation is 1. The van der Waals surface area contributed by atoms with Crippen LogP contribution in [-0.2, 0) is 11.8 Å². The Labute approximate surface area is 176 Å². The van der Waals surface area contributed by atoms with Crippen LogP contribution in [0.4, 0.5) is 0 Å². The summed E-state index contributed by atoms with van der Waals surface area (Å²) in [4.78, 5) is 30.5. The molecule has 2 aromatic carbocycles. The standard InChI is InChI=1S/C24H28N4O2/c1-27-21-9-4-3-8-20(21)26-22(27)18-10-12-19(13-11-18)23(30)28(2)24(14-5-6-15-24)25-16-7-17-29/h3-4,8-13,17,25H,5-7,14-16H2,1-2H3. The number of carbonyl (C=O) groups is 2.